The first-order valence-electron chi connectivity index (χ1n) is 16.1. The summed E-state index contributed by atoms with van der Waals surface area (Å²) in [5, 5.41) is 7.11. The number of carbonyl (C=O) groups is 1. The Bertz CT molecular complexity index is 1560. The van der Waals surface area contributed by atoms with Crippen molar-refractivity contribution < 1.29 is 18.8 Å². The molecular formula is C36H43N5O4S. The molecule has 1 atom stereocenters. The SMILES string of the molecule is CCCCOCCOc1ccc(-c2ccc3c(c2)C=C(C(=O)Nc2ccc([S+]([O-])CCn4cncn4)cc2)CCN3CCC)cc1. The molecule has 10 heteroatoms. The fourth-order valence-electron chi connectivity index (χ4n) is 5.31. The van der Waals surface area contributed by atoms with E-state index in [0.717, 1.165) is 72.7 Å². The van der Waals surface area contributed by atoms with Crippen LogP contribution >= 0.6 is 0 Å². The third-order valence-corrected chi connectivity index (χ3v) is 9.16. The van der Waals surface area contributed by atoms with Gasteiger partial charge in [-0.05, 0) is 102 Å². The normalized spacial score (nSPS) is 13.5. The van der Waals surface area contributed by atoms with Gasteiger partial charge in [-0.2, -0.15) is 5.10 Å². The average molecular weight is 642 g/mol. The monoisotopic (exact) mass is 641 g/mol. The Morgan fingerprint density at radius 3 is 2.50 bits per heavy atom. The number of hydrogen-bond acceptors (Lipinski definition) is 7. The maximum atomic E-state index is 13.5. The molecule has 0 radical (unpaired) electrons. The van der Waals surface area contributed by atoms with Gasteiger partial charge in [-0.1, -0.05) is 38.5 Å². The first-order chi connectivity index (χ1) is 22.5. The number of nitrogens with one attached hydrogen (secondary N) is 1. The average Bonchev–Trinajstić information content (AvgIpc) is 3.54. The van der Waals surface area contributed by atoms with Crippen molar-refractivity contribution in [1.82, 2.24) is 14.8 Å². The zero-order valence-electron chi connectivity index (χ0n) is 26.7. The van der Waals surface area contributed by atoms with Crippen molar-refractivity contribution in [2.24, 2.45) is 0 Å². The summed E-state index contributed by atoms with van der Waals surface area (Å²) in [5.74, 6) is 1.12. The number of carbonyl (C=O) groups excluding carboxylic acids is 1. The largest absolute Gasteiger partial charge is 0.611 e. The second-order valence-corrected chi connectivity index (χ2v) is 12.8. The number of nitrogens with zero attached hydrogens (tertiary/aromatic N) is 4. The standard InChI is InChI=1S/C36H43N5O4S/c1-3-5-20-44-21-22-45-33-11-6-28(7-12-33)29-8-15-35-31(24-29)25-30(16-18-40(35)17-4-2)36(42)39-32-9-13-34(14-10-32)46(43)23-19-41-27-37-26-38-41/h6-15,24-27H,3-5,16-23H2,1-2H3,(H,39,42). The number of anilines is 2. The van der Waals surface area contributed by atoms with E-state index in [4.69, 9.17) is 9.47 Å². The van der Waals surface area contributed by atoms with E-state index in [-0.39, 0.29) is 5.91 Å². The van der Waals surface area contributed by atoms with Gasteiger partial charge in [0.25, 0.3) is 5.91 Å². The molecule has 2 heterocycles. The van der Waals surface area contributed by atoms with Gasteiger partial charge in [-0.3, -0.25) is 4.79 Å². The highest BCUT2D eigenvalue weighted by molar-refractivity contribution is 7.91. The lowest BCUT2D eigenvalue weighted by molar-refractivity contribution is -0.112. The van der Waals surface area contributed by atoms with E-state index in [1.165, 1.54) is 6.33 Å². The highest BCUT2D eigenvalue weighted by atomic mass is 32.2. The smallest absolute Gasteiger partial charge is 0.251 e. The minimum Gasteiger partial charge on any atom is -0.611 e. The summed E-state index contributed by atoms with van der Waals surface area (Å²) >= 11 is -1.18. The fraction of sp³-hybridized carbons (Fsp3) is 0.361. The van der Waals surface area contributed by atoms with E-state index in [1.54, 1.807) is 35.3 Å². The number of benzene rings is 3. The van der Waals surface area contributed by atoms with E-state index < -0.39 is 11.2 Å². The highest BCUT2D eigenvalue weighted by Crippen LogP contribution is 2.33. The topological polar surface area (TPSA) is 105 Å². The highest BCUT2D eigenvalue weighted by Gasteiger charge is 2.20. The Labute approximate surface area is 274 Å². The van der Waals surface area contributed by atoms with Crippen LogP contribution in [0.3, 0.4) is 0 Å². The second-order valence-electron chi connectivity index (χ2n) is 11.2. The van der Waals surface area contributed by atoms with Gasteiger partial charge in [-0.25, -0.2) is 9.67 Å². The van der Waals surface area contributed by atoms with E-state index in [2.05, 4.69) is 64.5 Å². The molecule has 46 heavy (non-hydrogen) atoms. The summed E-state index contributed by atoms with van der Waals surface area (Å²) in [6, 6.07) is 21.8. The van der Waals surface area contributed by atoms with Crippen LogP contribution < -0.4 is 15.0 Å². The van der Waals surface area contributed by atoms with Gasteiger partial charge in [-0.15, -0.1) is 0 Å². The maximum Gasteiger partial charge on any atom is 0.251 e. The van der Waals surface area contributed by atoms with Crippen molar-refractivity contribution in [3.8, 4) is 16.9 Å². The van der Waals surface area contributed by atoms with Gasteiger partial charge in [0.15, 0.2) is 4.90 Å². The van der Waals surface area contributed by atoms with Crippen molar-refractivity contribution in [2.45, 2.75) is 51.0 Å². The molecule has 0 saturated carbocycles. The van der Waals surface area contributed by atoms with Crippen molar-refractivity contribution in [2.75, 3.05) is 48.9 Å². The van der Waals surface area contributed by atoms with Crippen LogP contribution in [0.5, 0.6) is 5.75 Å². The lowest BCUT2D eigenvalue weighted by atomic mass is 10.00. The van der Waals surface area contributed by atoms with Crippen molar-refractivity contribution >= 4 is 34.5 Å². The minimum atomic E-state index is -1.18. The van der Waals surface area contributed by atoms with Gasteiger partial charge in [0.2, 0.25) is 0 Å². The molecule has 1 aromatic heterocycles. The summed E-state index contributed by atoms with van der Waals surface area (Å²) in [7, 11) is 0. The van der Waals surface area contributed by atoms with Crippen LogP contribution in [-0.4, -0.2) is 63.9 Å². The van der Waals surface area contributed by atoms with Crippen molar-refractivity contribution in [3.63, 3.8) is 0 Å². The van der Waals surface area contributed by atoms with Crippen LogP contribution in [-0.2, 0) is 27.3 Å². The molecule has 0 saturated heterocycles. The quantitative estimate of drug-likeness (QED) is 0.109. The van der Waals surface area contributed by atoms with Crippen LogP contribution in [0, 0.1) is 0 Å². The zero-order valence-corrected chi connectivity index (χ0v) is 27.5. The maximum absolute atomic E-state index is 13.5. The third-order valence-electron chi connectivity index (χ3n) is 7.81. The van der Waals surface area contributed by atoms with Crippen LogP contribution in [0.1, 0.15) is 45.1 Å². The molecule has 0 spiro atoms. The summed E-state index contributed by atoms with van der Waals surface area (Å²) < 4.78 is 25.8. The lowest BCUT2D eigenvalue weighted by Crippen LogP contribution is -2.26. The Morgan fingerprint density at radius 1 is 0.957 bits per heavy atom. The summed E-state index contributed by atoms with van der Waals surface area (Å²) in [4.78, 5) is 20.5. The number of hydrogen-bond donors (Lipinski definition) is 1. The predicted octanol–water partition coefficient (Wildman–Crippen LogP) is 6.59. The lowest BCUT2D eigenvalue weighted by Gasteiger charge is -2.25. The molecule has 1 amide bonds. The number of ether oxygens (including phenoxy) is 2. The number of amides is 1. The number of fused-ring (bicyclic) bond motifs is 1. The van der Waals surface area contributed by atoms with Gasteiger partial charge >= 0.3 is 0 Å². The van der Waals surface area contributed by atoms with E-state index in [9.17, 15) is 9.35 Å². The Morgan fingerprint density at radius 2 is 1.76 bits per heavy atom. The molecule has 5 rings (SSSR count). The molecule has 1 unspecified atom stereocenters. The summed E-state index contributed by atoms with van der Waals surface area (Å²) in [6.07, 6.45) is 8.94. The van der Waals surface area contributed by atoms with Crippen LogP contribution in [0.4, 0.5) is 11.4 Å². The molecule has 1 N–H and O–H groups in total. The number of aryl methyl sites for hydroxylation is 1. The predicted molar refractivity (Wildman–Crippen MR) is 185 cm³/mol. The summed E-state index contributed by atoms with van der Waals surface area (Å²) in [6.45, 7) is 8.40. The second kappa shape index (κ2) is 17.0. The first-order valence-corrected chi connectivity index (χ1v) is 17.4. The Balaban J connectivity index is 1.25. The van der Waals surface area contributed by atoms with Gasteiger partial charge in [0, 0.05) is 36.6 Å². The number of unbranched alkanes of at least 4 members (excludes halogenated alkanes) is 1. The van der Waals surface area contributed by atoms with E-state index in [0.29, 0.717) is 42.5 Å². The van der Waals surface area contributed by atoms with Gasteiger partial charge < -0.3 is 24.2 Å². The molecule has 1 aliphatic rings. The van der Waals surface area contributed by atoms with Crippen LogP contribution in [0.15, 0.2) is 89.9 Å². The minimum absolute atomic E-state index is 0.130. The first kappa shape index (κ1) is 33.2. The number of aromatic nitrogens is 3. The Kier molecular flexibility index (Phi) is 12.3. The molecule has 0 bridgehead atoms. The van der Waals surface area contributed by atoms with Crippen LogP contribution in [0.25, 0.3) is 17.2 Å². The van der Waals surface area contributed by atoms with Gasteiger partial charge in [0.05, 0.1) is 13.2 Å². The van der Waals surface area contributed by atoms with Crippen molar-refractivity contribution in [1.29, 1.82) is 0 Å². The summed E-state index contributed by atoms with van der Waals surface area (Å²) in [5.41, 5.74) is 5.71. The molecule has 0 aliphatic carbocycles. The Hall–Kier alpha value is -4.12. The van der Waals surface area contributed by atoms with Gasteiger partial charge in [0.1, 0.15) is 30.8 Å². The third kappa shape index (κ3) is 9.22. The van der Waals surface area contributed by atoms with E-state index >= 15 is 0 Å². The van der Waals surface area contributed by atoms with Crippen LogP contribution in [0.2, 0.25) is 0 Å². The number of rotatable bonds is 16. The molecule has 9 nitrogen and oxygen atoms in total. The zero-order chi connectivity index (χ0) is 32.1. The molecule has 1 aliphatic heterocycles. The molecule has 242 valence electrons. The molecule has 0 fully saturated rings. The fourth-order valence-corrected chi connectivity index (χ4v) is 6.34. The molecular weight excluding hydrogens is 598 g/mol. The van der Waals surface area contributed by atoms with Crippen molar-refractivity contribution in [3.05, 3.63) is 90.5 Å². The molecule has 3 aromatic carbocycles. The van der Waals surface area contributed by atoms with E-state index in [1.807, 2.05) is 18.2 Å². The molecule has 4 aromatic rings.